The normalized spacial score (nSPS) is 13.8. The summed E-state index contributed by atoms with van der Waals surface area (Å²) in [4.78, 5) is 0. The van der Waals surface area contributed by atoms with Crippen LogP contribution in [0.1, 0.15) is 62.4 Å². The van der Waals surface area contributed by atoms with E-state index < -0.39 is 0 Å². The first kappa shape index (κ1) is 43.8. The lowest BCUT2D eigenvalue weighted by atomic mass is 9.81. The Hall–Kier alpha value is -8.46. The Morgan fingerprint density at radius 1 is 0.352 bits per heavy atom. The number of nitrogens with one attached hydrogen (secondary N) is 1. The van der Waals surface area contributed by atoms with E-state index in [9.17, 15) is 0 Å². The number of allylic oxidation sites excluding steroid dienone is 3. The minimum Gasteiger partial charge on any atom is -0.456 e. The Kier molecular flexibility index (Phi) is 10.8. The molecular weight excluding hydrogens is 859 g/mol. The molecule has 1 N–H and O–H groups in total. The standard InChI is InChI=1S/C42H35N.C27H20O/c1-4-5-7-14-30-19-24-36(37-16-11-10-15-35(30)37)31-17-21-33(22-18-31)43-34-23-26-39-38-25-20-32(29-12-8-6-9-13-29)27-40(38)42(2,3)41(39)28-34;1-27(2)23-9-5-3-7-19(23)20-13-11-17(15-24(20)27)18-12-14-22-21-8-4-6-10-25(21)28-26(22)16-18/h4-28,43H,1-3H3;3-16H,1-2H3/b5-4-,14-7-;. The van der Waals surface area contributed by atoms with E-state index in [0.717, 1.165) is 22.5 Å². The van der Waals surface area contributed by atoms with Gasteiger partial charge in [0.25, 0.3) is 0 Å². The zero-order valence-electron chi connectivity index (χ0n) is 40.9. The molecule has 13 rings (SSSR count). The molecule has 1 heterocycles. The molecule has 2 heteroatoms. The van der Waals surface area contributed by atoms with Crippen LogP contribution in [0.15, 0.2) is 235 Å². The van der Waals surface area contributed by atoms with E-state index in [1.54, 1.807) is 0 Å². The molecule has 0 bridgehead atoms. The second-order valence-corrected chi connectivity index (χ2v) is 20.1. The van der Waals surface area contributed by atoms with Crippen molar-refractivity contribution in [3.8, 4) is 55.6 Å². The van der Waals surface area contributed by atoms with Crippen molar-refractivity contribution < 1.29 is 4.42 Å². The molecule has 0 amide bonds. The molecular formula is C69H55NO. The number of fused-ring (bicyclic) bond motifs is 10. The fraction of sp³-hybridized carbons (Fsp3) is 0.101. The van der Waals surface area contributed by atoms with Crippen molar-refractivity contribution in [2.45, 2.75) is 45.4 Å². The molecule has 10 aromatic carbocycles. The molecule has 0 spiro atoms. The van der Waals surface area contributed by atoms with E-state index >= 15 is 0 Å². The quantitative estimate of drug-likeness (QED) is 0.161. The highest BCUT2D eigenvalue weighted by Gasteiger charge is 2.37. The number of para-hydroxylation sites is 1. The van der Waals surface area contributed by atoms with Crippen LogP contribution in [-0.4, -0.2) is 0 Å². The van der Waals surface area contributed by atoms with Gasteiger partial charge < -0.3 is 9.73 Å². The lowest BCUT2D eigenvalue weighted by molar-refractivity contribution is 0.660. The summed E-state index contributed by atoms with van der Waals surface area (Å²) in [5, 5.41) is 8.55. The number of anilines is 2. The van der Waals surface area contributed by atoms with E-state index in [1.807, 2.05) is 25.1 Å². The Labute approximate surface area is 417 Å². The minimum absolute atomic E-state index is 0.0192. The van der Waals surface area contributed by atoms with E-state index in [0.29, 0.717) is 0 Å². The highest BCUT2D eigenvalue weighted by Crippen LogP contribution is 2.52. The number of furan rings is 1. The van der Waals surface area contributed by atoms with Gasteiger partial charge in [0, 0.05) is 33.0 Å². The van der Waals surface area contributed by atoms with Gasteiger partial charge in [0.15, 0.2) is 0 Å². The summed E-state index contributed by atoms with van der Waals surface area (Å²) in [5.74, 6) is 0. The van der Waals surface area contributed by atoms with Gasteiger partial charge in [-0.25, -0.2) is 0 Å². The third-order valence-electron chi connectivity index (χ3n) is 15.1. The molecule has 0 aliphatic heterocycles. The van der Waals surface area contributed by atoms with Crippen molar-refractivity contribution in [2.24, 2.45) is 0 Å². The molecule has 0 atom stereocenters. The molecule has 71 heavy (non-hydrogen) atoms. The first-order valence-corrected chi connectivity index (χ1v) is 24.9. The van der Waals surface area contributed by atoms with E-state index in [4.69, 9.17) is 4.42 Å². The third-order valence-corrected chi connectivity index (χ3v) is 15.1. The highest BCUT2D eigenvalue weighted by molar-refractivity contribution is 6.06. The third kappa shape index (κ3) is 7.68. The molecule has 342 valence electrons. The van der Waals surface area contributed by atoms with E-state index in [1.165, 1.54) is 105 Å². The second-order valence-electron chi connectivity index (χ2n) is 20.1. The molecule has 0 saturated heterocycles. The summed E-state index contributed by atoms with van der Waals surface area (Å²) in [6.45, 7) is 11.4. The van der Waals surface area contributed by atoms with Gasteiger partial charge in [-0.05, 0) is 156 Å². The monoisotopic (exact) mass is 913 g/mol. The van der Waals surface area contributed by atoms with Crippen LogP contribution in [0.5, 0.6) is 0 Å². The van der Waals surface area contributed by atoms with Crippen molar-refractivity contribution in [3.05, 3.63) is 258 Å². The Balaban J connectivity index is 0.000000159. The van der Waals surface area contributed by atoms with Crippen LogP contribution in [0, 0.1) is 0 Å². The van der Waals surface area contributed by atoms with E-state index in [-0.39, 0.29) is 10.8 Å². The molecule has 2 aliphatic carbocycles. The van der Waals surface area contributed by atoms with Crippen molar-refractivity contribution in [3.63, 3.8) is 0 Å². The maximum Gasteiger partial charge on any atom is 0.136 e. The molecule has 0 radical (unpaired) electrons. The van der Waals surface area contributed by atoms with Gasteiger partial charge in [-0.2, -0.15) is 0 Å². The topological polar surface area (TPSA) is 25.2 Å². The summed E-state index contributed by atoms with van der Waals surface area (Å²) < 4.78 is 6.10. The van der Waals surface area contributed by atoms with Crippen molar-refractivity contribution >= 4 is 50.2 Å². The van der Waals surface area contributed by atoms with Crippen LogP contribution < -0.4 is 5.32 Å². The SMILES string of the molecule is C/C=C\C=C/c1ccc(-c2ccc(Nc3ccc4c(c3)C(C)(C)c3cc(-c5ccccc5)ccc3-4)cc2)c2ccccc12.CC1(C)c2ccccc2-c2ccc(-c3ccc4c(c3)oc3ccccc34)cc21. The van der Waals surface area contributed by atoms with Crippen LogP contribution in [0.2, 0.25) is 0 Å². The highest BCUT2D eigenvalue weighted by atomic mass is 16.3. The van der Waals surface area contributed by atoms with Gasteiger partial charge in [-0.1, -0.05) is 210 Å². The minimum atomic E-state index is -0.0771. The molecule has 1 aromatic heterocycles. The summed E-state index contributed by atoms with van der Waals surface area (Å²) in [6.07, 6.45) is 8.39. The van der Waals surface area contributed by atoms with Crippen LogP contribution in [0.4, 0.5) is 11.4 Å². The molecule has 0 fully saturated rings. The smallest absolute Gasteiger partial charge is 0.136 e. The lowest BCUT2D eigenvalue weighted by Gasteiger charge is -2.23. The number of hydrogen-bond acceptors (Lipinski definition) is 2. The number of rotatable bonds is 7. The van der Waals surface area contributed by atoms with Crippen molar-refractivity contribution in [1.29, 1.82) is 0 Å². The predicted octanol–water partition coefficient (Wildman–Crippen LogP) is 19.4. The molecule has 11 aromatic rings. The summed E-state index contributed by atoms with van der Waals surface area (Å²) in [6, 6.07) is 76.8. The maximum absolute atomic E-state index is 6.10. The zero-order chi connectivity index (χ0) is 48.3. The van der Waals surface area contributed by atoms with Gasteiger partial charge in [0.2, 0.25) is 0 Å². The summed E-state index contributed by atoms with van der Waals surface area (Å²) >= 11 is 0. The van der Waals surface area contributed by atoms with Crippen LogP contribution in [0.3, 0.4) is 0 Å². The van der Waals surface area contributed by atoms with Crippen molar-refractivity contribution in [2.75, 3.05) is 5.32 Å². The average Bonchev–Trinajstić information content (AvgIpc) is 3.98. The predicted molar refractivity (Wildman–Crippen MR) is 303 cm³/mol. The lowest BCUT2D eigenvalue weighted by Crippen LogP contribution is -2.15. The largest absolute Gasteiger partial charge is 0.456 e. The zero-order valence-corrected chi connectivity index (χ0v) is 40.9. The van der Waals surface area contributed by atoms with Gasteiger partial charge in [-0.15, -0.1) is 0 Å². The average molecular weight is 914 g/mol. The van der Waals surface area contributed by atoms with Gasteiger partial charge in [-0.3, -0.25) is 0 Å². The summed E-state index contributed by atoms with van der Waals surface area (Å²) in [5.41, 5.74) is 23.6. The first-order chi connectivity index (χ1) is 34.7. The van der Waals surface area contributed by atoms with Gasteiger partial charge in [0.1, 0.15) is 11.2 Å². The Bertz CT molecular complexity index is 3900. The summed E-state index contributed by atoms with van der Waals surface area (Å²) in [7, 11) is 0. The second kappa shape index (κ2) is 17.5. The number of benzene rings is 10. The Morgan fingerprint density at radius 3 is 1.62 bits per heavy atom. The molecule has 0 unspecified atom stereocenters. The molecule has 2 nitrogen and oxygen atoms in total. The maximum atomic E-state index is 6.10. The fourth-order valence-electron chi connectivity index (χ4n) is 11.3. The molecule has 2 aliphatic rings. The van der Waals surface area contributed by atoms with Crippen LogP contribution in [-0.2, 0) is 10.8 Å². The van der Waals surface area contributed by atoms with Gasteiger partial charge >= 0.3 is 0 Å². The van der Waals surface area contributed by atoms with Crippen molar-refractivity contribution in [1.82, 2.24) is 0 Å². The Morgan fingerprint density at radius 2 is 0.873 bits per heavy atom. The van der Waals surface area contributed by atoms with Crippen LogP contribution in [0.25, 0.3) is 94.4 Å². The first-order valence-electron chi connectivity index (χ1n) is 24.9. The molecule has 0 saturated carbocycles. The fourth-order valence-corrected chi connectivity index (χ4v) is 11.3. The van der Waals surface area contributed by atoms with E-state index in [2.05, 4.69) is 251 Å². The van der Waals surface area contributed by atoms with Crippen LogP contribution >= 0.6 is 0 Å². The number of hydrogen-bond donors (Lipinski definition) is 1. The van der Waals surface area contributed by atoms with Gasteiger partial charge in [0.05, 0.1) is 0 Å².